The Balaban J connectivity index is 2.23. The van der Waals surface area contributed by atoms with Crippen LogP contribution in [-0.2, 0) is 11.8 Å². The highest BCUT2D eigenvalue weighted by Gasteiger charge is 2.28. The first kappa shape index (κ1) is 13.6. The Morgan fingerprint density at radius 3 is 1.95 bits per heavy atom. The van der Waals surface area contributed by atoms with E-state index in [1.807, 2.05) is 54.6 Å². The van der Waals surface area contributed by atoms with Gasteiger partial charge in [-0.15, -0.1) is 0 Å². The molecule has 0 fully saturated rings. The van der Waals surface area contributed by atoms with E-state index in [4.69, 9.17) is 0 Å². The molecule has 0 atom stereocenters. The summed E-state index contributed by atoms with van der Waals surface area (Å²) in [5, 5.41) is 18.8. The molecule has 0 saturated heterocycles. The van der Waals surface area contributed by atoms with E-state index in [0.29, 0.717) is 12.0 Å². The molecule has 0 aliphatic heterocycles. The zero-order valence-corrected chi connectivity index (χ0v) is 11.0. The van der Waals surface area contributed by atoms with Crippen molar-refractivity contribution in [2.45, 2.75) is 11.8 Å². The Bertz CT molecular complexity index is 644. The average molecular weight is 258 g/mol. The molecule has 0 saturated carbocycles. The van der Waals surface area contributed by atoms with E-state index in [2.05, 4.69) is 12.1 Å². The molecule has 0 N–H and O–H groups in total. The zero-order valence-electron chi connectivity index (χ0n) is 11.0. The summed E-state index contributed by atoms with van der Waals surface area (Å²) in [5.74, 6) is 0. The lowest BCUT2D eigenvalue weighted by Gasteiger charge is -2.14. The van der Waals surface area contributed by atoms with Gasteiger partial charge in [0.25, 0.3) is 0 Å². The van der Waals surface area contributed by atoms with Gasteiger partial charge < -0.3 is 0 Å². The summed E-state index contributed by atoms with van der Waals surface area (Å²) in [7, 11) is 0. The molecular weight excluding hydrogens is 244 g/mol. The van der Waals surface area contributed by atoms with Crippen molar-refractivity contribution < 1.29 is 0 Å². The number of benzene rings is 2. The van der Waals surface area contributed by atoms with Crippen molar-refractivity contribution in [2.75, 3.05) is 0 Å². The molecule has 2 rings (SSSR count). The standard InChI is InChI=1S/C18H14N2/c19-14-18(15-20,17-11-5-2-6-12-17)13-7-10-16-8-3-1-4-9-16/h1-9,11-13H,10H2. The highest BCUT2D eigenvalue weighted by molar-refractivity contribution is 5.46. The van der Waals surface area contributed by atoms with Gasteiger partial charge in [-0.1, -0.05) is 66.7 Å². The summed E-state index contributed by atoms with van der Waals surface area (Å²) in [4.78, 5) is 0. The Labute approximate surface area is 119 Å². The third-order valence-corrected chi connectivity index (χ3v) is 3.15. The molecule has 96 valence electrons. The smallest absolute Gasteiger partial charge is 0.186 e. The van der Waals surface area contributed by atoms with Crippen molar-refractivity contribution in [3.05, 3.63) is 83.9 Å². The fourth-order valence-electron chi connectivity index (χ4n) is 2.01. The Morgan fingerprint density at radius 1 is 0.850 bits per heavy atom. The second-order valence-electron chi connectivity index (χ2n) is 4.49. The van der Waals surface area contributed by atoms with E-state index in [1.54, 1.807) is 18.2 Å². The third-order valence-electron chi connectivity index (χ3n) is 3.15. The summed E-state index contributed by atoms with van der Waals surface area (Å²) in [6, 6.07) is 23.4. The maximum absolute atomic E-state index is 9.40. The van der Waals surface area contributed by atoms with Gasteiger partial charge in [-0.05, 0) is 23.6 Å². The minimum absolute atomic E-state index is 0.703. The topological polar surface area (TPSA) is 47.6 Å². The van der Waals surface area contributed by atoms with E-state index in [-0.39, 0.29) is 0 Å². The van der Waals surface area contributed by atoms with Crippen LogP contribution >= 0.6 is 0 Å². The van der Waals surface area contributed by atoms with Gasteiger partial charge in [0, 0.05) is 0 Å². The molecule has 2 aromatic rings. The van der Waals surface area contributed by atoms with Crippen LogP contribution < -0.4 is 0 Å². The van der Waals surface area contributed by atoms with E-state index < -0.39 is 5.41 Å². The molecule has 0 amide bonds. The fraction of sp³-hybridized carbons (Fsp3) is 0.111. The average Bonchev–Trinajstić information content (AvgIpc) is 2.54. The largest absolute Gasteiger partial charge is 0.196 e. The molecule has 2 aromatic carbocycles. The highest BCUT2D eigenvalue weighted by atomic mass is 14.4. The molecule has 0 aliphatic rings. The second kappa shape index (κ2) is 6.36. The van der Waals surface area contributed by atoms with Crippen LogP contribution in [0.5, 0.6) is 0 Å². The number of nitriles is 2. The minimum Gasteiger partial charge on any atom is -0.196 e. The van der Waals surface area contributed by atoms with Crippen molar-refractivity contribution in [1.82, 2.24) is 0 Å². The normalized spacial score (nSPS) is 10.9. The summed E-state index contributed by atoms with van der Waals surface area (Å²) in [6.07, 6.45) is 4.28. The van der Waals surface area contributed by atoms with Crippen molar-refractivity contribution in [2.24, 2.45) is 0 Å². The first-order valence-corrected chi connectivity index (χ1v) is 6.40. The van der Waals surface area contributed by atoms with Crippen molar-refractivity contribution >= 4 is 0 Å². The van der Waals surface area contributed by atoms with Gasteiger partial charge in [-0.25, -0.2) is 0 Å². The number of allylic oxidation sites excluding steroid dienone is 2. The molecule has 0 aliphatic carbocycles. The first-order chi connectivity index (χ1) is 9.80. The van der Waals surface area contributed by atoms with Gasteiger partial charge >= 0.3 is 0 Å². The lowest BCUT2D eigenvalue weighted by Crippen LogP contribution is -2.18. The van der Waals surface area contributed by atoms with Gasteiger partial charge in [0.2, 0.25) is 0 Å². The van der Waals surface area contributed by atoms with E-state index in [0.717, 1.165) is 5.56 Å². The van der Waals surface area contributed by atoms with Gasteiger partial charge in [0.15, 0.2) is 5.41 Å². The summed E-state index contributed by atoms with van der Waals surface area (Å²) in [6.45, 7) is 0. The lowest BCUT2D eigenvalue weighted by atomic mass is 9.83. The van der Waals surface area contributed by atoms with Gasteiger partial charge in [0.05, 0.1) is 12.1 Å². The van der Waals surface area contributed by atoms with Crippen LogP contribution in [0.3, 0.4) is 0 Å². The molecule has 0 spiro atoms. The SMILES string of the molecule is N#CC(C#N)(C=CCc1ccccc1)c1ccccc1. The lowest BCUT2D eigenvalue weighted by molar-refractivity contribution is 0.883. The molecule has 2 heteroatoms. The summed E-state index contributed by atoms with van der Waals surface area (Å²) in [5.41, 5.74) is 0.645. The maximum Gasteiger partial charge on any atom is 0.186 e. The molecule has 2 nitrogen and oxygen atoms in total. The second-order valence-corrected chi connectivity index (χ2v) is 4.49. The van der Waals surface area contributed by atoms with Crippen LogP contribution in [0, 0.1) is 22.7 Å². The number of nitrogens with zero attached hydrogens (tertiary/aromatic N) is 2. The Kier molecular flexibility index (Phi) is 4.32. The predicted molar refractivity (Wildman–Crippen MR) is 78.6 cm³/mol. The molecule has 0 bridgehead atoms. The number of hydrogen-bond acceptors (Lipinski definition) is 2. The van der Waals surface area contributed by atoms with E-state index >= 15 is 0 Å². The molecular formula is C18H14N2. The molecule has 0 unspecified atom stereocenters. The molecule has 0 radical (unpaired) electrons. The van der Waals surface area contributed by atoms with Gasteiger partial charge in [-0.3, -0.25) is 0 Å². The monoisotopic (exact) mass is 258 g/mol. The summed E-state index contributed by atoms with van der Waals surface area (Å²) < 4.78 is 0. The van der Waals surface area contributed by atoms with Crippen LogP contribution in [0.15, 0.2) is 72.8 Å². The Morgan fingerprint density at radius 2 is 1.40 bits per heavy atom. The van der Waals surface area contributed by atoms with Gasteiger partial charge in [0.1, 0.15) is 0 Å². The quantitative estimate of drug-likeness (QED) is 0.784. The highest BCUT2D eigenvalue weighted by Crippen LogP contribution is 2.24. The maximum atomic E-state index is 9.40. The molecule has 20 heavy (non-hydrogen) atoms. The fourth-order valence-corrected chi connectivity index (χ4v) is 2.01. The van der Waals surface area contributed by atoms with E-state index in [9.17, 15) is 10.5 Å². The number of hydrogen-bond donors (Lipinski definition) is 0. The van der Waals surface area contributed by atoms with Crippen molar-refractivity contribution in [3.8, 4) is 12.1 Å². The van der Waals surface area contributed by atoms with E-state index in [1.165, 1.54) is 0 Å². The first-order valence-electron chi connectivity index (χ1n) is 6.40. The van der Waals surface area contributed by atoms with Crippen LogP contribution in [0.2, 0.25) is 0 Å². The van der Waals surface area contributed by atoms with Gasteiger partial charge in [-0.2, -0.15) is 10.5 Å². The third kappa shape index (κ3) is 2.94. The molecule has 0 heterocycles. The zero-order chi connectivity index (χ0) is 14.3. The van der Waals surface area contributed by atoms with Crippen LogP contribution in [0.4, 0.5) is 0 Å². The van der Waals surface area contributed by atoms with Crippen LogP contribution in [0.25, 0.3) is 0 Å². The van der Waals surface area contributed by atoms with Crippen LogP contribution in [-0.4, -0.2) is 0 Å². The van der Waals surface area contributed by atoms with Crippen LogP contribution in [0.1, 0.15) is 11.1 Å². The molecule has 0 aromatic heterocycles. The van der Waals surface area contributed by atoms with Crippen molar-refractivity contribution in [1.29, 1.82) is 10.5 Å². The van der Waals surface area contributed by atoms with Crippen molar-refractivity contribution in [3.63, 3.8) is 0 Å². The summed E-state index contributed by atoms with van der Waals surface area (Å²) >= 11 is 0. The number of rotatable bonds is 4. The Hall–Kier alpha value is -2.84. The minimum atomic E-state index is -1.21. The predicted octanol–water partition coefficient (Wildman–Crippen LogP) is 3.77.